The summed E-state index contributed by atoms with van der Waals surface area (Å²) in [4.78, 5) is 14.4. The Morgan fingerprint density at radius 2 is 1.73 bits per heavy atom. The summed E-state index contributed by atoms with van der Waals surface area (Å²) in [5, 5.41) is 9.01. The van der Waals surface area contributed by atoms with Crippen LogP contribution in [0.4, 0.5) is 0 Å². The Bertz CT molecular complexity index is 1030. The van der Waals surface area contributed by atoms with E-state index in [1.807, 2.05) is 30.3 Å². The first-order valence-corrected chi connectivity index (χ1v) is 8.49. The summed E-state index contributed by atoms with van der Waals surface area (Å²) in [6.07, 6.45) is 2.18. The Balaban J connectivity index is 1.67. The zero-order valence-corrected chi connectivity index (χ0v) is 14.7. The summed E-state index contributed by atoms with van der Waals surface area (Å²) in [6, 6.07) is 15.0. The van der Waals surface area contributed by atoms with Crippen molar-refractivity contribution in [2.75, 3.05) is 6.61 Å². The lowest BCUT2D eigenvalue weighted by molar-refractivity contribution is 0.0697. The predicted octanol–water partition coefficient (Wildman–Crippen LogP) is 4.93. The van der Waals surface area contributed by atoms with Crippen molar-refractivity contribution in [1.29, 1.82) is 0 Å². The highest BCUT2D eigenvalue weighted by Gasteiger charge is 2.17. The molecule has 0 radical (unpaired) electrons. The van der Waals surface area contributed by atoms with Crippen molar-refractivity contribution in [3.05, 3.63) is 76.5 Å². The molecule has 0 atom stereocenters. The number of hydrogen-bond donors (Lipinski definition) is 2. The molecule has 2 N–H and O–H groups in total. The maximum absolute atomic E-state index is 11.0. The number of H-pyrrole nitrogens is 1. The number of aromatic amines is 1. The molecule has 4 rings (SSSR count). The molecule has 1 aromatic heterocycles. The molecule has 4 nitrogen and oxygen atoms in total. The number of hydrogen-bond acceptors (Lipinski definition) is 2. The second-order valence-corrected chi connectivity index (χ2v) is 6.55. The van der Waals surface area contributed by atoms with Gasteiger partial charge in [-0.1, -0.05) is 18.2 Å². The van der Waals surface area contributed by atoms with Crippen LogP contribution in [-0.4, -0.2) is 22.7 Å². The summed E-state index contributed by atoms with van der Waals surface area (Å²) in [7, 11) is 0. The Morgan fingerprint density at radius 3 is 2.46 bits per heavy atom. The van der Waals surface area contributed by atoms with Gasteiger partial charge in [-0.3, -0.25) is 0 Å². The Labute approximate surface area is 151 Å². The van der Waals surface area contributed by atoms with E-state index in [1.54, 1.807) is 12.1 Å². The lowest BCUT2D eigenvalue weighted by atomic mass is 9.98. The monoisotopic (exact) mass is 345 g/mol. The van der Waals surface area contributed by atoms with E-state index in [1.165, 1.54) is 11.1 Å². The van der Waals surface area contributed by atoms with E-state index in [0.717, 1.165) is 33.8 Å². The topological polar surface area (TPSA) is 62.3 Å². The Hall–Kier alpha value is -3.27. The molecule has 0 saturated carbocycles. The fraction of sp³-hybridized carbons (Fsp3) is 0.136. The fourth-order valence-electron chi connectivity index (χ4n) is 3.19. The molecular formula is C22H19NO3. The molecule has 2 aromatic carbocycles. The van der Waals surface area contributed by atoms with Gasteiger partial charge >= 0.3 is 5.97 Å². The van der Waals surface area contributed by atoms with Crippen LogP contribution in [0.15, 0.2) is 48.5 Å². The van der Waals surface area contributed by atoms with Gasteiger partial charge in [0.2, 0.25) is 0 Å². The minimum Gasteiger partial charge on any atom is -0.488 e. The van der Waals surface area contributed by atoms with Crippen molar-refractivity contribution < 1.29 is 14.6 Å². The number of benzene rings is 2. The van der Waals surface area contributed by atoms with Crippen molar-refractivity contribution in [2.24, 2.45) is 0 Å². The molecule has 4 heteroatoms. The fourth-order valence-corrected chi connectivity index (χ4v) is 3.19. The first-order chi connectivity index (χ1) is 12.5. The maximum Gasteiger partial charge on any atom is 0.335 e. The van der Waals surface area contributed by atoms with Gasteiger partial charge in [0.25, 0.3) is 0 Å². The number of rotatable bonds is 3. The summed E-state index contributed by atoms with van der Waals surface area (Å²) >= 11 is 0. The molecule has 0 amide bonds. The first kappa shape index (κ1) is 16.2. The molecule has 0 bridgehead atoms. The summed E-state index contributed by atoms with van der Waals surface area (Å²) in [5.74, 6) is 0.00505. The zero-order chi connectivity index (χ0) is 18.3. The van der Waals surface area contributed by atoms with Crippen molar-refractivity contribution in [3.63, 3.8) is 0 Å². The first-order valence-electron chi connectivity index (χ1n) is 8.49. The van der Waals surface area contributed by atoms with Crippen molar-refractivity contribution in [1.82, 2.24) is 4.98 Å². The second kappa shape index (κ2) is 6.23. The van der Waals surface area contributed by atoms with Gasteiger partial charge in [-0.25, -0.2) is 4.79 Å². The number of aryl methyl sites for hydroxylation is 1. The van der Waals surface area contributed by atoms with Crippen LogP contribution >= 0.6 is 0 Å². The quantitative estimate of drug-likeness (QED) is 0.707. The number of aromatic carboxylic acids is 1. The summed E-state index contributed by atoms with van der Waals surface area (Å²) in [6.45, 7) is 4.74. The van der Waals surface area contributed by atoms with Gasteiger partial charge < -0.3 is 14.8 Å². The molecule has 26 heavy (non-hydrogen) atoms. The third kappa shape index (κ3) is 2.80. The predicted molar refractivity (Wildman–Crippen MR) is 102 cm³/mol. The lowest BCUT2D eigenvalue weighted by Gasteiger charge is -2.20. The average Bonchev–Trinajstić information content (AvgIpc) is 3.15. The number of carboxylic acids is 1. The van der Waals surface area contributed by atoms with Gasteiger partial charge in [0, 0.05) is 22.5 Å². The number of fused-ring (bicyclic) bond motifs is 1. The number of carbonyl (C=O) groups is 1. The highest BCUT2D eigenvalue weighted by molar-refractivity contribution is 5.89. The number of carboxylic acid groups (broad SMARTS) is 1. The van der Waals surface area contributed by atoms with Gasteiger partial charge in [-0.15, -0.1) is 0 Å². The van der Waals surface area contributed by atoms with Gasteiger partial charge in [0.05, 0.1) is 5.56 Å². The zero-order valence-electron chi connectivity index (χ0n) is 14.7. The van der Waals surface area contributed by atoms with E-state index in [4.69, 9.17) is 9.84 Å². The molecule has 0 fully saturated rings. The highest BCUT2D eigenvalue weighted by atomic mass is 16.5. The van der Waals surface area contributed by atoms with Crippen LogP contribution in [0.2, 0.25) is 0 Å². The van der Waals surface area contributed by atoms with Crippen LogP contribution in [0.5, 0.6) is 5.75 Å². The van der Waals surface area contributed by atoms with E-state index in [9.17, 15) is 4.79 Å². The second-order valence-electron chi connectivity index (χ2n) is 6.55. The SMILES string of the molecule is Cc1ccc2c(c1C)C=C(c1ccc(-c3ccc(C(=O)O)cc3)[nH]1)CO2. The van der Waals surface area contributed by atoms with Crippen molar-refractivity contribution in [2.45, 2.75) is 13.8 Å². The van der Waals surface area contributed by atoms with Gasteiger partial charge in [0.15, 0.2) is 0 Å². The van der Waals surface area contributed by atoms with Crippen LogP contribution in [-0.2, 0) is 0 Å². The molecule has 3 aromatic rings. The van der Waals surface area contributed by atoms with E-state index in [-0.39, 0.29) is 5.56 Å². The standard InChI is InChI=1S/C22H19NO3/c1-13-3-10-21-18(14(13)2)11-17(12-26-21)20-9-8-19(23-20)15-4-6-16(7-5-15)22(24)25/h3-11,23H,12H2,1-2H3,(H,24,25). The van der Waals surface area contributed by atoms with Crippen LogP contribution in [0.25, 0.3) is 22.9 Å². The smallest absolute Gasteiger partial charge is 0.335 e. The summed E-state index contributed by atoms with van der Waals surface area (Å²) in [5.41, 5.74) is 7.90. The minimum absolute atomic E-state index is 0.284. The van der Waals surface area contributed by atoms with E-state index >= 15 is 0 Å². The van der Waals surface area contributed by atoms with E-state index in [2.05, 4.69) is 31.0 Å². The molecule has 130 valence electrons. The molecule has 0 unspecified atom stereocenters. The van der Waals surface area contributed by atoms with Gasteiger partial charge in [-0.2, -0.15) is 0 Å². The van der Waals surface area contributed by atoms with Gasteiger partial charge in [-0.05, 0) is 66.9 Å². The normalized spacial score (nSPS) is 12.9. The van der Waals surface area contributed by atoms with E-state index in [0.29, 0.717) is 6.61 Å². The summed E-state index contributed by atoms with van der Waals surface area (Å²) < 4.78 is 5.93. The molecule has 1 aliphatic heterocycles. The third-order valence-electron chi connectivity index (χ3n) is 4.92. The Kier molecular flexibility index (Phi) is 3.88. The van der Waals surface area contributed by atoms with Crippen molar-refractivity contribution >= 4 is 17.6 Å². The highest BCUT2D eigenvalue weighted by Crippen LogP contribution is 2.34. The number of nitrogens with one attached hydrogen (secondary N) is 1. The van der Waals surface area contributed by atoms with Crippen LogP contribution in [0, 0.1) is 13.8 Å². The molecular weight excluding hydrogens is 326 g/mol. The van der Waals surface area contributed by atoms with Crippen LogP contribution in [0.3, 0.4) is 0 Å². The van der Waals surface area contributed by atoms with Crippen LogP contribution < -0.4 is 4.74 Å². The third-order valence-corrected chi connectivity index (χ3v) is 4.92. The number of aromatic nitrogens is 1. The Morgan fingerprint density at radius 1 is 1.00 bits per heavy atom. The largest absolute Gasteiger partial charge is 0.488 e. The van der Waals surface area contributed by atoms with Crippen molar-refractivity contribution in [3.8, 4) is 17.0 Å². The number of ether oxygens (including phenoxy) is 1. The van der Waals surface area contributed by atoms with E-state index < -0.39 is 5.97 Å². The molecule has 1 aliphatic rings. The molecule has 0 spiro atoms. The minimum atomic E-state index is -0.919. The molecule has 0 aliphatic carbocycles. The van der Waals surface area contributed by atoms with Gasteiger partial charge in [0.1, 0.15) is 12.4 Å². The molecule has 0 saturated heterocycles. The van der Waals surface area contributed by atoms with Crippen LogP contribution in [0.1, 0.15) is 32.7 Å². The molecule has 2 heterocycles. The lowest BCUT2D eigenvalue weighted by Crippen LogP contribution is -2.08. The maximum atomic E-state index is 11.0. The average molecular weight is 345 g/mol.